The molecule has 2 heterocycles. The summed E-state index contributed by atoms with van der Waals surface area (Å²) in [6.07, 6.45) is 3.91. The molecule has 0 radical (unpaired) electrons. The van der Waals surface area contributed by atoms with Crippen molar-refractivity contribution in [2.75, 3.05) is 0 Å². The van der Waals surface area contributed by atoms with Gasteiger partial charge in [0.1, 0.15) is 18.1 Å². The van der Waals surface area contributed by atoms with Gasteiger partial charge in [-0.05, 0) is 30.4 Å². The van der Waals surface area contributed by atoms with Crippen LogP contribution in [0.25, 0.3) is 10.9 Å². The Morgan fingerprint density at radius 1 is 0.902 bits per heavy atom. The van der Waals surface area contributed by atoms with Crippen LogP contribution < -0.4 is 21.7 Å². The van der Waals surface area contributed by atoms with E-state index in [9.17, 15) is 34.2 Å². The van der Waals surface area contributed by atoms with Gasteiger partial charge in [0.05, 0.1) is 18.8 Å². The van der Waals surface area contributed by atoms with E-state index in [0.717, 1.165) is 16.5 Å². The molecule has 3 aromatic rings. The number of imidazole rings is 1. The Bertz CT molecular complexity index is 1370. The number of nitrogens with one attached hydrogen (secondary N) is 5. The van der Waals surface area contributed by atoms with E-state index in [1.54, 1.807) is 20.0 Å². The van der Waals surface area contributed by atoms with Gasteiger partial charge in [-0.1, -0.05) is 32.0 Å². The van der Waals surface area contributed by atoms with Crippen LogP contribution in [0.1, 0.15) is 37.9 Å². The summed E-state index contributed by atoms with van der Waals surface area (Å²) in [4.78, 5) is 72.3. The number of para-hydroxylation sites is 1. The normalized spacial score (nSPS) is 14.1. The molecule has 0 aliphatic heterocycles. The highest BCUT2D eigenvalue weighted by atomic mass is 16.4. The monoisotopic (exact) mass is 569 g/mol. The number of H-pyrrole nitrogens is 2. The van der Waals surface area contributed by atoms with Gasteiger partial charge in [0, 0.05) is 35.4 Å². The maximum Gasteiger partial charge on any atom is 0.326 e. The van der Waals surface area contributed by atoms with Crippen LogP contribution in [0.4, 0.5) is 0 Å². The summed E-state index contributed by atoms with van der Waals surface area (Å²) < 4.78 is 0. The SMILES string of the molecule is CC(C)CC(NC(=O)C(Cc1cnc[nH]1)NC(=O)C(CC(=O)O)NC(=O)C(N)Cc1c[nH]c2ccccc12)C(=O)O. The molecule has 0 saturated carbocycles. The molecule has 0 aliphatic carbocycles. The summed E-state index contributed by atoms with van der Waals surface area (Å²) in [5.74, 6) is -5.14. The molecule has 0 fully saturated rings. The minimum Gasteiger partial charge on any atom is -0.481 e. The van der Waals surface area contributed by atoms with Crippen molar-refractivity contribution in [3.8, 4) is 0 Å². The Morgan fingerprint density at radius 2 is 1.56 bits per heavy atom. The number of carbonyl (C=O) groups is 5. The number of carboxylic acid groups (broad SMARTS) is 2. The minimum absolute atomic E-state index is 0.0410. The second-order valence-corrected chi connectivity index (χ2v) is 10.2. The average Bonchev–Trinajstić information content (AvgIpc) is 3.57. The van der Waals surface area contributed by atoms with E-state index >= 15 is 0 Å². The third-order valence-corrected chi connectivity index (χ3v) is 6.40. The first-order valence-electron chi connectivity index (χ1n) is 13.1. The van der Waals surface area contributed by atoms with E-state index in [1.165, 1.54) is 12.5 Å². The summed E-state index contributed by atoms with van der Waals surface area (Å²) in [5.41, 5.74) is 8.20. The molecule has 3 rings (SSSR count). The number of carboxylic acids is 2. The molecule has 0 saturated heterocycles. The lowest BCUT2D eigenvalue weighted by Gasteiger charge is -2.25. The number of carbonyl (C=O) groups excluding carboxylic acids is 3. The molecule has 2 aromatic heterocycles. The van der Waals surface area contributed by atoms with Crippen LogP contribution in [0.15, 0.2) is 43.0 Å². The fourth-order valence-electron chi connectivity index (χ4n) is 4.36. The predicted molar refractivity (Wildman–Crippen MR) is 147 cm³/mol. The van der Waals surface area contributed by atoms with Gasteiger partial charge < -0.3 is 41.9 Å². The molecule has 0 spiro atoms. The van der Waals surface area contributed by atoms with Crippen LogP contribution in [-0.2, 0) is 36.8 Å². The Balaban J connectivity index is 1.74. The predicted octanol–water partition coefficient (Wildman–Crippen LogP) is 0.0633. The van der Waals surface area contributed by atoms with Crippen molar-refractivity contribution >= 4 is 40.6 Å². The quantitative estimate of drug-likeness (QED) is 0.123. The second-order valence-electron chi connectivity index (χ2n) is 10.2. The zero-order valence-electron chi connectivity index (χ0n) is 22.7. The Labute approximate surface area is 235 Å². The highest BCUT2D eigenvalue weighted by Gasteiger charge is 2.32. The van der Waals surface area contributed by atoms with Crippen LogP contribution in [0.5, 0.6) is 0 Å². The molecule has 41 heavy (non-hydrogen) atoms. The Morgan fingerprint density at radius 3 is 2.20 bits per heavy atom. The number of nitrogens with two attached hydrogens (primary N) is 1. The van der Waals surface area contributed by atoms with Crippen molar-refractivity contribution in [3.05, 3.63) is 54.2 Å². The van der Waals surface area contributed by atoms with Gasteiger partial charge >= 0.3 is 11.9 Å². The number of hydrogen-bond donors (Lipinski definition) is 8. The number of aromatic amines is 2. The smallest absolute Gasteiger partial charge is 0.326 e. The number of aliphatic carboxylic acids is 2. The number of fused-ring (bicyclic) bond motifs is 1. The molecule has 0 aliphatic rings. The standard InChI is InChI=1S/C27H35N7O7/c1-14(2)7-22(27(40)41)34-25(38)20(9-16-12-29-13-31-16)33-26(39)21(10-23(35)36)32-24(37)18(28)8-15-11-30-19-6-4-3-5-17(15)19/h3-6,11-14,18,20-22,30H,7-10,28H2,1-2H3,(H,29,31)(H,32,37)(H,33,39)(H,34,38)(H,35,36)(H,40,41). The van der Waals surface area contributed by atoms with Gasteiger partial charge in [-0.3, -0.25) is 19.2 Å². The van der Waals surface area contributed by atoms with E-state index < -0.39 is 60.2 Å². The van der Waals surface area contributed by atoms with E-state index in [-0.39, 0.29) is 25.2 Å². The molecule has 4 unspecified atom stereocenters. The van der Waals surface area contributed by atoms with Crippen LogP contribution in [0.3, 0.4) is 0 Å². The van der Waals surface area contributed by atoms with Crippen molar-refractivity contribution in [1.82, 2.24) is 30.9 Å². The molecule has 14 heteroatoms. The summed E-state index contributed by atoms with van der Waals surface area (Å²) in [6.45, 7) is 3.60. The molecule has 1 aromatic carbocycles. The highest BCUT2D eigenvalue weighted by Crippen LogP contribution is 2.19. The molecule has 3 amide bonds. The van der Waals surface area contributed by atoms with Crippen LogP contribution in [0.2, 0.25) is 0 Å². The minimum atomic E-state index is -1.56. The number of rotatable bonds is 15. The lowest BCUT2D eigenvalue weighted by Crippen LogP contribution is -2.58. The number of benzene rings is 1. The van der Waals surface area contributed by atoms with Gasteiger partial charge in [-0.15, -0.1) is 0 Å². The number of hydrogen-bond acceptors (Lipinski definition) is 7. The maximum absolute atomic E-state index is 13.2. The topological polar surface area (TPSA) is 232 Å². The fourth-order valence-corrected chi connectivity index (χ4v) is 4.36. The molecule has 14 nitrogen and oxygen atoms in total. The van der Waals surface area contributed by atoms with Crippen molar-refractivity contribution in [3.63, 3.8) is 0 Å². The number of amides is 3. The Hall–Kier alpha value is -4.72. The van der Waals surface area contributed by atoms with Gasteiger partial charge in [-0.25, -0.2) is 9.78 Å². The zero-order chi connectivity index (χ0) is 30.1. The first kappa shape index (κ1) is 30.8. The van der Waals surface area contributed by atoms with Crippen LogP contribution in [-0.4, -0.2) is 79.0 Å². The zero-order valence-corrected chi connectivity index (χ0v) is 22.7. The second kappa shape index (κ2) is 14.1. The fraction of sp³-hybridized carbons (Fsp3) is 0.407. The molecule has 9 N–H and O–H groups in total. The summed E-state index contributed by atoms with van der Waals surface area (Å²) >= 11 is 0. The summed E-state index contributed by atoms with van der Waals surface area (Å²) in [5, 5.41) is 27.1. The molecule has 220 valence electrons. The molecule has 0 bridgehead atoms. The van der Waals surface area contributed by atoms with Crippen molar-refractivity contribution in [1.29, 1.82) is 0 Å². The lowest BCUT2D eigenvalue weighted by molar-refractivity contribution is -0.143. The molecule has 4 atom stereocenters. The van der Waals surface area contributed by atoms with Crippen molar-refractivity contribution in [2.24, 2.45) is 11.7 Å². The maximum atomic E-state index is 13.2. The third-order valence-electron chi connectivity index (χ3n) is 6.40. The van der Waals surface area contributed by atoms with Gasteiger partial charge in [0.25, 0.3) is 0 Å². The summed E-state index contributed by atoms with van der Waals surface area (Å²) in [7, 11) is 0. The first-order chi connectivity index (χ1) is 19.4. The average molecular weight is 570 g/mol. The first-order valence-corrected chi connectivity index (χ1v) is 13.1. The number of nitrogens with zero attached hydrogens (tertiary/aromatic N) is 1. The van der Waals surface area contributed by atoms with E-state index in [1.807, 2.05) is 24.3 Å². The third kappa shape index (κ3) is 8.89. The largest absolute Gasteiger partial charge is 0.481 e. The highest BCUT2D eigenvalue weighted by molar-refractivity contribution is 5.96. The van der Waals surface area contributed by atoms with Crippen molar-refractivity contribution in [2.45, 2.75) is 63.7 Å². The van der Waals surface area contributed by atoms with E-state index in [4.69, 9.17) is 5.73 Å². The van der Waals surface area contributed by atoms with E-state index in [0.29, 0.717) is 5.69 Å². The van der Waals surface area contributed by atoms with Gasteiger partial charge in [0.15, 0.2) is 0 Å². The van der Waals surface area contributed by atoms with E-state index in [2.05, 4.69) is 30.9 Å². The summed E-state index contributed by atoms with van der Waals surface area (Å²) in [6, 6.07) is 2.27. The molecular formula is C27H35N7O7. The van der Waals surface area contributed by atoms with Crippen LogP contribution >= 0.6 is 0 Å². The van der Waals surface area contributed by atoms with Crippen LogP contribution in [0, 0.1) is 5.92 Å². The van der Waals surface area contributed by atoms with Crippen molar-refractivity contribution < 1.29 is 34.2 Å². The number of aromatic nitrogens is 3. The van der Waals surface area contributed by atoms with Gasteiger partial charge in [0.2, 0.25) is 17.7 Å². The Kier molecular flexibility index (Phi) is 10.6. The van der Waals surface area contributed by atoms with Gasteiger partial charge in [-0.2, -0.15) is 0 Å². The lowest BCUT2D eigenvalue weighted by atomic mass is 10.0. The molecular weight excluding hydrogens is 534 g/mol.